The highest BCUT2D eigenvalue weighted by Crippen LogP contribution is 2.37. The minimum absolute atomic E-state index is 0.0595. The van der Waals surface area contributed by atoms with Gasteiger partial charge in [0.25, 0.3) is 5.91 Å². The summed E-state index contributed by atoms with van der Waals surface area (Å²) in [5, 5.41) is 2.78. The van der Waals surface area contributed by atoms with Crippen molar-refractivity contribution in [3.63, 3.8) is 0 Å². The third-order valence-electron chi connectivity index (χ3n) is 5.67. The topological polar surface area (TPSA) is 84.9 Å². The van der Waals surface area contributed by atoms with Crippen molar-refractivity contribution in [2.24, 2.45) is 0 Å². The van der Waals surface area contributed by atoms with E-state index in [2.05, 4.69) is 5.32 Å². The van der Waals surface area contributed by atoms with Crippen molar-refractivity contribution in [3.05, 3.63) is 82.6 Å². The van der Waals surface area contributed by atoms with Gasteiger partial charge in [-0.3, -0.25) is 9.59 Å². The number of nitrogens with one attached hydrogen (secondary N) is 1. The van der Waals surface area contributed by atoms with Gasteiger partial charge >= 0.3 is 5.97 Å². The van der Waals surface area contributed by atoms with E-state index >= 15 is 0 Å². The molecule has 1 aliphatic rings. The lowest BCUT2D eigenvalue weighted by atomic mass is 9.83. The molecular formula is C26H30N2O5. The number of ether oxygens (including phenoxy) is 2. The second kappa shape index (κ2) is 11.4. The van der Waals surface area contributed by atoms with Crippen LogP contribution >= 0.6 is 0 Å². The highest BCUT2D eigenvalue weighted by atomic mass is 16.5. The van der Waals surface area contributed by atoms with Crippen LogP contribution in [0.15, 0.2) is 65.9 Å². The molecule has 0 saturated carbocycles. The summed E-state index contributed by atoms with van der Waals surface area (Å²) in [4.78, 5) is 39.8. The molecule has 1 N–H and O–H groups in total. The Morgan fingerprint density at radius 3 is 2.42 bits per heavy atom. The molecule has 1 aliphatic heterocycles. The predicted octanol–water partition coefficient (Wildman–Crippen LogP) is 3.42. The summed E-state index contributed by atoms with van der Waals surface area (Å²) >= 11 is 0. The van der Waals surface area contributed by atoms with Crippen LogP contribution in [0.1, 0.15) is 47.7 Å². The molecule has 2 aromatic rings. The monoisotopic (exact) mass is 450 g/mol. The van der Waals surface area contributed by atoms with Gasteiger partial charge in [0.05, 0.1) is 25.3 Å². The summed E-state index contributed by atoms with van der Waals surface area (Å²) < 4.78 is 10.3. The number of nitrogens with zero attached hydrogens (tertiary/aromatic N) is 1. The van der Waals surface area contributed by atoms with Crippen molar-refractivity contribution < 1.29 is 23.9 Å². The normalized spacial score (nSPS) is 16.0. The molecule has 0 bridgehead atoms. The Bertz CT molecular complexity index is 1010. The van der Waals surface area contributed by atoms with E-state index in [1.165, 1.54) is 0 Å². The van der Waals surface area contributed by atoms with Gasteiger partial charge in [-0.25, -0.2) is 4.79 Å². The first-order chi connectivity index (χ1) is 16.0. The number of methoxy groups -OCH3 is 1. The standard InChI is InChI=1S/C26H30N2O5/c1-4-33-26(31)24-18(2)28(23(29)16-22(24)20-8-6-5-7-9-20)17-19-10-12-21(13-11-19)25(30)27-14-15-32-3/h5-13,22H,4,14-17H2,1-3H3,(H,27,30). The number of carbonyl (C=O) groups is 3. The SMILES string of the molecule is CCOC(=O)C1=C(C)N(Cc2ccc(C(=O)NCCOC)cc2)C(=O)CC1c1ccccc1. The van der Waals surface area contributed by atoms with E-state index in [9.17, 15) is 14.4 Å². The molecule has 7 nitrogen and oxygen atoms in total. The largest absolute Gasteiger partial charge is 0.463 e. The van der Waals surface area contributed by atoms with E-state index in [0.29, 0.717) is 36.5 Å². The third kappa shape index (κ3) is 5.87. The van der Waals surface area contributed by atoms with Crippen molar-refractivity contribution in [1.29, 1.82) is 0 Å². The van der Waals surface area contributed by atoms with E-state index in [-0.39, 0.29) is 30.8 Å². The maximum absolute atomic E-state index is 13.1. The van der Waals surface area contributed by atoms with Gasteiger partial charge in [-0.05, 0) is 37.1 Å². The fourth-order valence-corrected chi connectivity index (χ4v) is 3.96. The number of esters is 1. The molecule has 7 heteroatoms. The van der Waals surface area contributed by atoms with Crippen LogP contribution in [0.3, 0.4) is 0 Å². The van der Waals surface area contributed by atoms with Crippen LogP contribution < -0.4 is 5.32 Å². The van der Waals surface area contributed by atoms with Crippen LogP contribution in [-0.2, 0) is 25.6 Å². The number of rotatable bonds is 9. The molecule has 0 fully saturated rings. The molecule has 0 aromatic heterocycles. The van der Waals surface area contributed by atoms with Crippen molar-refractivity contribution in [1.82, 2.24) is 10.2 Å². The van der Waals surface area contributed by atoms with E-state index in [1.54, 1.807) is 38.0 Å². The molecule has 174 valence electrons. The average molecular weight is 451 g/mol. The molecule has 2 amide bonds. The second-order valence-corrected chi connectivity index (χ2v) is 7.81. The molecule has 0 radical (unpaired) electrons. The Hall–Kier alpha value is -3.45. The molecule has 1 unspecified atom stereocenters. The summed E-state index contributed by atoms with van der Waals surface area (Å²) in [7, 11) is 1.58. The van der Waals surface area contributed by atoms with Crippen molar-refractivity contribution in [3.8, 4) is 0 Å². The summed E-state index contributed by atoms with van der Waals surface area (Å²) in [5.74, 6) is -0.980. The molecule has 0 saturated heterocycles. The van der Waals surface area contributed by atoms with Crippen molar-refractivity contribution in [2.45, 2.75) is 32.7 Å². The van der Waals surface area contributed by atoms with Gasteiger partial charge in [0.15, 0.2) is 0 Å². The first-order valence-electron chi connectivity index (χ1n) is 11.1. The molecule has 2 aromatic carbocycles. The number of carbonyl (C=O) groups excluding carboxylic acids is 3. The minimum Gasteiger partial charge on any atom is -0.463 e. The van der Waals surface area contributed by atoms with Crippen LogP contribution in [0, 0.1) is 0 Å². The number of allylic oxidation sites excluding steroid dienone is 1. The summed E-state index contributed by atoms with van der Waals surface area (Å²) in [5.41, 5.74) is 3.41. The van der Waals surface area contributed by atoms with Gasteiger partial charge in [0.1, 0.15) is 0 Å². The highest BCUT2D eigenvalue weighted by Gasteiger charge is 2.36. The fraction of sp³-hybridized carbons (Fsp3) is 0.346. The van der Waals surface area contributed by atoms with Crippen LogP contribution in [0.5, 0.6) is 0 Å². The maximum atomic E-state index is 13.1. The Labute approximate surface area is 194 Å². The zero-order valence-electron chi connectivity index (χ0n) is 19.3. The average Bonchev–Trinajstić information content (AvgIpc) is 2.82. The van der Waals surface area contributed by atoms with Crippen LogP contribution in [0.2, 0.25) is 0 Å². The number of hydrogen-bond donors (Lipinski definition) is 1. The zero-order valence-corrected chi connectivity index (χ0v) is 19.3. The van der Waals surface area contributed by atoms with Crippen molar-refractivity contribution in [2.75, 3.05) is 26.9 Å². The summed E-state index contributed by atoms with van der Waals surface area (Å²) in [6, 6.07) is 16.6. The lowest BCUT2D eigenvalue weighted by molar-refractivity contribution is -0.140. The second-order valence-electron chi connectivity index (χ2n) is 7.81. The molecule has 33 heavy (non-hydrogen) atoms. The lowest BCUT2D eigenvalue weighted by Crippen LogP contribution is -2.38. The van der Waals surface area contributed by atoms with Gasteiger partial charge in [-0.1, -0.05) is 42.5 Å². The van der Waals surface area contributed by atoms with E-state index in [0.717, 1.165) is 11.1 Å². The fourth-order valence-electron chi connectivity index (χ4n) is 3.96. The van der Waals surface area contributed by atoms with E-state index < -0.39 is 5.97 Å². The van der Waals surface area contributed by atoms with Gasteiger partial charge in [-0.2, -0.15) is 0 Å². The van der Waals surface area contributed by atoms with Gasteiger partial charge in [0, 0.05) is 37.3 Å². The Kier molecular flexibility index (Phi) is 8.38. The first-order valence-corrected chi connectivity index (χ1v) is 11.1. The number of hydrogen-bond acceptors (Lipinski definition) is 5. The molecular weight excluding hydrogens is 420 g/mol. The number of amides is 2. The third-order valence-corrected chi connectivity index (χ3v) is 5.67. The van der Waals surface area contributed by atoms with Gasteiger partial charge < -0.3 is 19.7 Å². The van der Waals surface area contributed by atoms with Crippen LogP contribution in [0.4, 0.5) is 0 Å². The minimum atomic E-state index is -0.399. The lowest BCUT2D eigenvalue weighted by Gasteiger charge is -2.34. The first kappa shape index (κ1) is 24.2. The highest BCUT2D eigenvalue weighted by molar-refractivity contribution is 5.96. The maximum Gasteiger partial charge on any atom is 0.336 e. The number of benzene rings is 2. The summed E-state index contributed by atoms with van der Waals surface area (Å²) in [6.07, 6.45) is 0.190. The van der Waals surface area contributed by atoms with Gasteiger partial charge in [-0.15, -0.1) is 0 Å². The molecule has 0 aliphatic carbocycles. The molecule has 3 rings (SSSR count). The van der Waals surface area contributed by atoms with E-state index in [4.69, 9.17) is 9.47 Å². The molecule has 1 heterocycles. The van der Waals surface area contributed by atoms with E-state index in [1.807, 2.05) is 42.5 Å². The smallest absolute Gasteiger partial charge is 0.336 e. The van der Waals surface area contributed by atoms with Crippen LogP contribution in [0.25, 0.3) is 0 Å². The predicted molar refractivity (Wildman–Crippen MR) is 124 cm³/mol. The Balaban J connectivity index is 1.83. The van der Waals surface area contributed by atoms with Crippen LogP contribution in [-0.4, -0.2) is 49.6 Å². The van der Waals surface area contributed by atoms with Gasteiger partial charge in [0.2, 0.25) is 5.91 Å². The van der Waals surface area contributed by atoms with Crippen molar-refractivity contribution >= 4 is 17.8 Å². The Morgan fingerprint density at radius 1 is 1.09 bits per heavy atom. The summed E-state index contributed by atoms with van der Waals surface area (Å²) in [6.45, 7) is 5.00. The zero-order chi connectivity index (χ0) is 23.8. The Morgan fingerprint density at radius 2 is 1.79 bits per heavy atom. The quantitative estimate of drug-likeness (QED) is 0.467. The molecule has 1 atom stereocenters. The molecule has 0 spiro atoms.